The molecule has 9 heavy (non-hydrogen) atoms. The minimum absolute atomic E-state index is 0. The number of esters is 1. The van der Waals surface area contributed by atoms with Crippen LogP contribution < -0.4 is 0 Å². The van der Waals surface area contributed by atoms with Gasteiger partial charge in [0.15, 0.2) is 0 Å². The Morgan fingerprint density at radius 1 is 1.67 bits per heavy atom. The van der Waals surface area contributed by atoms with Gasteiger partial charge in [0, 0.05) is 29.1 Å². The van der Waals surface area contributed by atoms with Crippen molar-refractivity contribution in [2.75, 3.05) is 0 Å². The van der Waals surface area contributed by atoms with E-state index in [0.717, 1.165) is 6.08 Å². The van der Waals surface area contributed by atoms with Gasteiger partial charge in [-0.3, -0.25) is 0 Å². The zero-order valence-electron chi connectivity index (χ0n) is 5.89. The Morgan fingerprint density at radius 2 is 2.11 bits per heavy atom. The summed E-state index contributed by atoms with van der Waals surface area (Å²) in [5, 5.41) is 0. The third kappa shape index (κ3) is 7.98. The Bertz CT molecular complexity index is 99.2. The van der Waals surface area contributed by atoms with Gasteiger partial charge < -0.3 is 4.74 Å². The number of hydrogen-bond acceptors (Lipinski definition) is 2. The highest BCUT2D eigenvalue weighted by molar-refractivity contribution is 5.81. The minimum Gasteiger partial charge on any atom is -0.460 e. The van der Waals surface area contributed by atoms with Crippen LogP contribution in [0.4, 0.5) is 0 Å². The van der Waals surface area contributed by atoms with Crippen LogP contribution in [0.2, 0.25) is 0 Å². The molecule has 0 heterocycles. The highest BCUT2D eigenvalue weighted by Crippen LogP contribution is 1.87. The van der Waals surface area contributed by atoms with Crippen LogP contribution in [-0.4, -0.2) is 35.1 Å². The standard InChI is InChI=1S/C6H10O2.Mg/c1-4-6(7)8-5(2)3;/h4-5H,1H2,2-3H3;. The minimum atomic E-state index is -0.361. The summed E-state index contributed by atoms with van der Waals surface area (Å²) >= 11 is 0. The van der Waals surface area contributed by atoms with Gasteiger partial charge in [-0.25, -0.2) is 4.79 Å². The fourth-order valence-corrected chi connectivity index (χ4v) is 0.280. The average molecular weight is 138 g/mol. The average Bonchev–Trinajstić information content (AvgIpc) is 1.65. The van der Waals surface area contributed by atoms with Crippen molar-refractivity contribution in [3.63, 3.8) is 0 Å². The van der Waals surface area contributed by atoms with E-state index in [1.807, 2.05) is 0 Å². The predicted octanol–water partition coefficient (Wildman–Crippen LogP) is 0.743. The lowest BCUT2D eigenvalue weighted by Gasteiger charge is -2.02. The van der Waals surface area contributed by atoms with Crippen molar-refractivity contribution < 1.29 is 9.53 Å². The monoisotopic (exact) mass is 138 g/mol. The molecule has 0 aromatic carbocycles. The van der Waals surface area contributed by atoms with Crippen LogP contribution in [0.5, 0.6) is 0 Å². The molecule has 0 bridgehead atoms. The van der Waals surface area contributed by atoms with Crippen LogP contribution in [0.3, 0.4) is 0 Å². The second kappa shape index (κ2) is 6.10. The summed E-state index contributed by atoms with van der Waals surface area (Å²) in [4.78, 5) is 10.3. The Kier molecular flexibility index (Phi) is 7.96. The molecule has 0 atom stereocenters. The zero-order chi connectivity index (χ0) is 6.57. The van der Waals surface area contributed by atoms with E-state index in [2.05, 4.69) is 11.3 Å². The largest absolute Gasteiger partial charge is 0.460 e. The second-order valence-electron chi connectivity index (χ2n) is 1.69. The van der Waals surface area contributed by atoms with Gasteiger partial charge in [-0.2, -0.15) is 0 Å². The Morgan fingerprint density at radius 3 is 2.22 bits per heavy atom. The summed E-state index contributed by atoms with van der Waals surface area (Å²) in [5.41, 5.74) is 0. The maximum atomic E-state index is 10.3. The lowest BCUT2D eigenvalue weighted by molar-refractivity contribution is -0.141. The Balaban J connectivity index is 0. The van der Waals surface area contributed by atoms with Crippen molar-refractivity contribution in [3.05, 3.63) is 12.7 Å². The fraction of sp³-hybridized carbons (Fsp3) is 0.500. The van der Waals surface area contributed by atoms with Crippen molar-refractivity contribution in [1.82, 2.24) is 0 Å². The molecule has 0 aromatic rings. The lowest BCUT2D eigenvalue weighted by atomic mass is 10.5. The van der Waals surface area contributed by atoms with Crippen molar-refractivity contribution in [1.29, 1.82) is 0 Å². The van der Waals surface area contributed by atoms with Crippen LogP contribution in [-0.2, 0) is 9.53 Å². The fourth-order valence-electron chi connectivity index (χ4n) is 0.280. The van der Waals surface area contributed by atoms with Gasteiger partial charge >= 0.3 is 5.97 Å². The SMILES string of the molecule is C=CC(=O)OC(C)C.[Mg]. The summed E-state index contributed by atoms with van der Waals surface area (Å²) in [7, 11) is 0. The molecule has 3 heteroatoms. The van der Waals surface area contributed by atoms with Crippen molar-refractivity contribution in [2.24, 2.45) is 0 Å². The van der Waals surface area contributed by atoms with Crippen LogP contribution in [0.15, 0.2) is 12.7 Å². The number of carbonyl (C=O) groups excluding carboxylic acids is 1. The molecule has 0 amide bonds. The molecular formula is C6H10MgO2. The maximum Gasteiger partial charge on any atom is 0.330 e. The first-order valence-electron chi connectivity index (χ1n) is 2.50. The highest BCUT2D eigenvalue weighted by atomic mass is 24.3. The van der Waals surface area contributed by atoms with Gasteiger partial charge in [0.1, 0.15) is 0 Å². The first-order valence-corrected chi connectivity index (χ1v) is 2.50. The van der Waals surface area contributed by atoms with Crippen LogP contribution in [0, 0.1) is 0 Å². The number of hydrogen-bond donors (Lipinski definition) is 0. The molecule has 2 nitrogen and oxygen atoms in total. The van der Waals surface area contributed by atoms with Crippen molar-refractivity contribution in [3.8, 4) is 0 Å². The number of carbonyl (C=O) groups is 1. The van der Waals surface area contributed by atoms with Crippen molar-refractivity contribution in [2.45, 2.75) is 20.0 Å². The summed E-state index contributed by atoms with van der Waals surface area (Å²) in [6.07, 6.45) is 1.11. The number of ether oxygens (including phenoxy) is 1. The maximum absolute atomic E-state index is 10.3. The molecule has 48 valence electrons. The third-order valence-corrected chi connectivity index (χ3v) is 0.519. The molecule has 0 aliphatic rings. The van der Waals surface area contributed by atoms with E-state index in [-0.39, 0.29) is 35.1 Å². The zero-order valence-corrected chi connectivity index (χ0v) is 7.30. The molecule has 0 rings (SSSR count). The summed E-state index contributed by atoms with van der Waals surface area (Å²) in [6.45, 7) is 6.83. The van der Waals surface area contributed by atoms with Crippen LogP contribution in [0.1, 0.15) is 13.8 Å². The molecule has 0 aliphatic heterocycles. The van der Waals surface area contributed by atoms with E-state index in [4.69, 9.17) is 0 Å². The molecule has 0 aromatic heterocycles. The van der Waals surface area contributed by atoms with E-state index in [1.165, 1.54) is 0 Å². The van der Waals surface area contributed by atoms with Gasteiger partial charge in [0.25, 0.3) is 0 Å². The Labute approximate surface area is 71.4 Å². The molecule has 0 fully saturated rings. The first kappa shape index (κ1) is 11.7. The van der Waals surface area contributed by atoms with E-state index in [1.54, 1.807) is 13.8 Å². The topological polar surface area (TPSA) is 26.3 Å². The van der Waals surface area contributed by atoms with Gasteiger partial charge in [0.05, 0.1) is 6.10 Å². The highest BCUT2D eigenvalue weighted by Gasteiger charge is 1.96. The Hall–Kier alpha value is -0.0238. The first-order chi connectivity index (χ1) is 3.66. The normalized spacial score (nSPS) is 7.89. The molecule has 0 N–H and O–H groups in total. The summed E-state index contributed by atoms with van der Waals surface area (Å²) < 4.78 is 4.64. The van der Waals surface area contributed by atoms with Gasteiger partial charge in [-0.1, -0.05) is 6.58 Å². The van der Waals surface area contributed by atoms with Gasteiger partial charge in [-0.05, 0) is 13.8 Å². The molecule has 0 saturated carbocycles. The van der Waals surface area contributed by atoms with E-state index >= 15 is 0 Å². The molecule has 0 unspecified atom stereocenters. The van der Waals surface area contributed by atoms with Gasteiger partial charge in [-0.15, -0.1) is 0 Å². The molecule has 0 aliphatic carbocycles. The predicted molar refractivity (Wildman–Crippen MR) is 37.2 cm³/mol. The second-order valence-corrected chi connectivity index (χ2v) is 1.69. The van der Waals surface area contributed by atoms with E-state index < -0.39 is 0 Å². The van der Waals surface area contributed by atoms with Crippen molar-refractivity contribution >= 4 is 29.0 Å². The van der Waals surface area contributed by atoms with E-state index in [0.29, 0.717) is 0 Å². The van der Waals surface area contributed by atoms with Crippen LogP contribution >= 0.6 is 0 Å². The van der Waals surface area contributed by atoms with Crippen LogP contribution in [0.25, 0.3) is 0 Å². The molecular weight excluding hydrogens is 128 g/mol. The third-order valence-electron chi connectivity index (χ3n) is 0.519. The summed E-state index contributed by atoms with van der Waals surface area (Å²) in [6, 6.07) is 0. The lowest BCUT2D eigenvalue weighted by Crippen LogP contribution is -2.07. The van der Waals surface area contributed by atoms with Gasteiger partial charge in [0.2, 0.25) is 0 Å². The summed E-state index contributed by atoms with van der Waals surface area (Å²) in [5.74, 6) is -0.361. The molecule has 0 saturated heterocycles. The molecule has 0 spiro atoms. The van der Waals surface area contributed by atoms with E-state index in [9.17, 15) is 4.79 Å². The smallest absolute Gasteiger partial charge is 0.330 e. The molecule has 2 radical (unpaired) electrons. The number of rotatable bonds is 2. The quantitative estimate of drug-likeness (QED) is 0.320.